The van der Waals surface area contributed by atoms with Gasteiger partial charge in [-0.15, -0.1) is 0 Å². The van der Waals surface area contributed by atoms with Crippen LogP contribution in [0.1, 0.15) is 27.7 Å². The maximum Gasteiger partial charge on any atom is 0.245 e. The average molecular weight is 398 g/mol. The van der Waals surface area contributed by atoms with Gasteiger partial charge in [-0.05, 0) is 35.0 Å². The fourth-order valence-corrected chi connectivity index (χ4v) is 2.24. The van der Waals surface area contributed by atoms with Gasteiger partial charge in [0.05, 0.1) is 12.2 Å². The molecule has 0 saturated heterocycles. The van der Waals surface area contributed by atoms with Crippen LogP contribution in [0.3, 0.4) is 0 Å². The highest BCUT2D eigenvalue weighted by Crippen LogP contribution is 2.21. The lowest BCUT2D eigenvalue weighted by molar-refractivity contribution is -0.138. The van der Waals surface area contributed by atoms with Crippen molar-refractivity contribution in [3.63, 3.8) is 0 Å². The first-order valence-electron chi connectivity index (χ1n) is 7.62. The maximum atomic E-state index is 12.3. The summed E-state index contributed by atoms with van der Waals surface area (Å²) < 4.78 is 0.762. The summed E-state index contributed by atoms with van der Waals surface area (Å²) in [5, 5.41) is 5.40. The first-order valence-corrected chi connectivity index (χ1v) is 8.42. The van der Waals surface area contributed by atoms with Gasteiger partial charge in [0.2, 0.25) is 17.7 Å². The van der Waals surface area contributed by atoms with Crippen LogP contribution in [0.15, 0.2) is 28.7 Å². The van der Waals surface area contributed by atoms with Crippen molar-refractivity contribution < 1.29 is 14.4 Å². The van der Waals surface area contributed by atoms with Crippen molar-refractivity contribution in [2.45, 2.75) is 33.7 Å². The predicted molar refractivity (Wildman–Crippen MR) is 97.5 cm³/mol. The van der Waals surface area contributed by atoms with E-state index in [1.807, 2.05) is 12.1 Å². The van der Waals surface area contributed by atoms with Gasteiger partial charge in [0.25, 0.3) is 0 Å². The van der Waals surface area contributed by atoms with Crippen LogP contribution in [-0.4, -0.2) is 42.3 Å². The Bertz CT molecular complexity index is 626. The molecule has 132 valence electrons. The first-order chi connectivity index (χ1) is 11.0. The molecule has 6 nitrogen and oxygen atoms in total. The summed E-state index contributed by atoms with van der Waals surface area (Å²) in [5.41, 5.74) is 0.0572. The smallest absolute Gasteiger partial charge is 0.245 e. The minimum Gasteiger partial charge on any atom is -0.344 e. The number of nitrogens with zero attached hydrogens (tertiary/aromatic N) is 1. The zero-order valence-corrected chi connectivity index (χ0v) is 16.2. The van der Waals surface area contributed by atoms with Crippen molar-refractivity contribution in [2.75, 3.05) is 18.9 Å². The first kappa shape index (κ1) is 20.2. The molecule has 0 fully saturated rings. The van der Waals surface area contributed by atoms with Crippen LogP contribution in [-0.2, 0) is 14.4 Å². The highest BCUT2D eigenvalue weighted by molar-refractivity contribution is 9.10. The van der Waals surface area contributed by atoms with Crippen molar-refractivity contribution in [3.05, 3.63) is 28.7 Å². The zero-order chi connectivity index (χ0) is 18.5. The summed E-state index contributed by atoms with van der Waals surface area (Å²) >= 11 is 3.35. The van der Waals surface area contributed by atoms with E-state index in [0.29, 0.717) is 5.69 Å². The molecule has 0 bridgehead atoms. The van der Waals surface area contributed by atoms with Crippen molar-refractivity contribution in [1.29, 1.82) is 0 Å². The Balaban J connectivity index is 2.58. The van der Waals surface area contributed by atoms with Gasteiger partial charge >= 0.3 is 0 Å². The molecule has 0 spiro atoms. The quantitative estimate of drug-likeness (QED) is 0.800. The number of halogens is 1. The van der Waals surface area contributed by atoms with Crippen LogP contribution < -0.4 is 10.6 Å². The number of amides is 3. The van der Waals surface area contributed by atoms with E-state index in [1.165, 1.54) is 11.9 Å². The number of carbonyl (C=O) groups is 3. The Morgan fingerprint density at radius 1 is 1.21 bits per heavy atom. The molecule has 0 heterocycles. The van der Waals surface area contributed by atoms with Gasteiger partial charge < -0.3 is 15.5 Å². The Kier molecular flexibility index (Phi) is 6.95. The van der Waals surface area contributed by atoms with Crippen LogP contribution in [0.2, 0.25) is 0 Å². The second-order valence-corrected chi connectivity index (χ2v) is 7.52. The zero-order valence-electron chi connectivity index (χ0n) is 14.6. The van der Waals surface area contributed by atoms with Crippen LogP contribution in [0, 0.1) is 5.41 Å². The van der Waals surface area contributed by atoms with Crippen molar-refractivity contribution in [1.82, 2.24) is 10.2 Å². The summed E-state index contributed by atoms with van der Waals surface area (Å²) in [6.07, 6.45) is 0. The molecule has 2 N–H and O–H groups in total. The Morgan fingerprint density at radius 2 is 1.79 bits per heavy atom. The molecular formula is C17H24BrN3O3. The van der Waals surface area contributed by atoms with Gasteiger partial charge in [0.1, 0.15) is 6.04 Å². The Labute approximate surface area is 151 Å². The lowest BCUT2D eigenvalue weighted by Gasteiger charge is -2.25. The van der Waals surface area contributed by atoms with Crippen molar-refractivity contribution in [2.24, 2.45) is 5.41 Å². The van der Waals surface area contributed by atoms with Crippen LogP contribution in [0.5, 0.6) is 0 Å². The molecule has 0 aliphatic rings. The number of nitrogens with one attached hydrogen (secondary N) is 2. The van der Waals surface area contributed by atoms with E-state index in [-0.39, 0.29) is 24.3 Å². The molecule has 0 aromatic heterocycles. The molecule has 1 atom stereocenters. The third-order valence-corrected chi connectivity index (χ3v) is 4.00. The largest absolute Gasteiger partial charge is 0.344 e. The Hall–Kier alpha value is -1.89. The van der Waals surface area contributed by atoms with E-state index in [9.17, 15) is 14.4 Å². The van der Waals surface area contributed by atoms with Crippen LogP contribution in [0.25, 0.3) is 0 Å². The van der Waals surface area contributed by atoms with Gasteiger partial charge in [0, 0.05) is 16.9 Å². The molecule has 24 heavy (non-hydrogen) atoms. The molecule has 0 saturated carbocycles. The van der Waals surface area contributed by atoms with E-state index >= 15 is 0 Å². The lowest BCUT2D eigenvalue weighted by Crippen LogP contribution is -2.50. The highest BCUT2D eigenvalue weighted by atomic mass is 79.9. The fraction of sp³-hybridized carbons (Fsp3) is 0.471. The topological polar surface area (TPSA) is 78.5 Å². The molecule has 0 aliphatic carbocycles. The summed E-state index contributed by atoms with van der Waals surface area (Å²) in [6, 6.07) is 6.52. The monoisotopic (exact) mass is 397 g/mol. The fourth-order valence-electron chi connectivity index (χ4n) is 1.85. The van der Waals surface area contributed by atoms with E-state index in [4.69, 9.17) is 0 Å². The minimum absolute atomic E-state index is 0.101. The van der Waals surface area contributed by atoms with E-state index in [0.717, 1.165) is 4.47 Å². The number of anilines is 1. The molecule has 3 amide bonds. The summed E-state index contributed by atoms with van der Waals surface area (Å²) in [6.45, 7) is 6.82. The van der Waals surface area contributed by atoms with E-state index < -0.39 is 11.5 Å². The molecular weight excluding hydrogens is 374 g/mol. The molecule has 0 aliphatic heterocycles. The third kappa shape index (κ3) is 5.96. The Morgan fingerprint density at radius 3 is 2.33 bits per heavy atom. The molecule has 7 heteroatoms. The van der Waals surface area contributed by atoms with Gasteiger partial charge in [-0.1, -0.05) is 32.9 Å². The third-order valence-electron chi connectivity index (χ3n) is 3.30. The number of rotatable bonds is 5. The number of likely N-dealkylation sites (N-methyl/N-ethyl adjacent to an activating group) is 1. The lowest BCUT2D eigenvalue weighted by atomic mass is 9.95. The summed E-state index contributed by atoms with van der Waals surface area (Å²) in [4.78, 5) is 37.6. The average Bonchev–Trinajstić information content (AvgIpc) is 2.47. The normalized spacial score (nSPS) is 12.2. The number of hydrogen-bond donors (Lipinski definition) is 2. The van der Waals surface area contributed by atoms with Crippen LogP contribution in [0.4, 0.5) is 5.69 Å². The molecule has 1 unspecified atom stereocenters. The maximum absolute atomic E-state index is 12.3. The SMILES string of the molecule is CC(NC(=O)C(C)(C)C)C(=O)N(C)CC(=O)Nc1ccccc1Br. The predicted octanol–water partition coefficient (Wildman–Crippen LogP) is 2.40. The summed E-state index contributed by atoms with van der Waals surface area (Å²) in [5.74, 6) is -0.851. The number of para-hydroxylation sites is 1. The molecule has 1 aromatic carbocycles. The van der Waals surface area contributed by atoms with Gasteiger partial charge in [-0.25, -0.2) is 0 Å². The molecule has 0 radical (unpaired) electrons. The highest BCUT2D eigenvalue weighted by Gasteiger charge is 2.27. The summed E-state index contributed by atoms with van der Waals surface area (Å²) in [7, 11) is 1.53. The number of benzene rings is 1. The van der Waals surface area contributed by atoms with E-state index in [2.05, 4.69) is 26.6 Å². The number of hydrogen-bond acceptors (Lipinski definition) is 3. The van der Waals surface area contributed by atoms with Crippen molar-refractivity contribution >= 4 is 39.3 Å². The molecule has 1 aromatic rings. The van der Waals surface area contributed by atoms with Crippen LogP contribution >= 0.6 is 15.9 Å². The molecule has 1 rings (SSSR count). The number of carbonyl (C=O) groups excluding carboxylic acids is 3. The van der Waals surface area contributed by atoms with Gasteiger partial charge in [-0.2, -0.15) is 0 Å². The second-order valence-electron chi connectivity index (χ2n) is 6.67. The van der Waals surface area contributed by atoms with Crippen molar-refractivity contribution in [3.8, 4) is 0 Å². The minimum atomic E-state index is -0.696. The second kappa shape index (κ2) is 8.28. The van der Waals surface area contributed by atoms with Gasteiger partial charge in [-0.3, -0.25) is 14.4 Å². The standard InChI is InChI=1S/C17H24BrN3O3/c1-11(19-16(24)17(2,3)4)15(23)21(5)10-14(22)20-13-9-7-6-8-12(13)18/h6-9,11H,10H2,1-5H3,(H,19,24)(H,20,22). The van der Waals surface area contributed by atoms with Gasteiger partial charge in [0.15, 0.2) is 0 Å². The van der Waals surface area contributed by atoms with E-state index in [1.54, 1.807) is 39.8 Å².